The minimum absolute atomic E-state index is 0.0708. The van der Waals surface area contributed by atoms with Crippen molar-refractivity contribution < 1.29 is 9.53 Å². The maximum Gasteiger partial charge on any atom is 0.227 e. The van der Waals surface area contributed by atoms with Gasteiger partial charge in [-0.05, 0) is 26.7 Å². The van der Waals surface area contributed by atoms with Crippen LogP contribution in [0, 0.1) is 5.41 Å². The Balaban J connectivity index is 2.34. The van der Waals surface area contributed by atoms with Gasteiger partial charge in [-0.25, -0.2) is 0 Å². The van der Waals surface area contributed by atoms with E-state index in [1.54, 1.807) is 0 Å². The number of rotatable bonds is 6. The van der Waals surface area contributed by atoms with Gasteiger partial charge in [-0.15, -0.1) is 0 Å². The van der Waals surface area contributed by atoms with Crippen molar-refractivity contribution in [3.63, 3.8) is 0 Å². The van der Waals surface area contributed by atoms with Gasteiger partial charge in [0.2, 0.25) is 5.91 Å². The summed E-state index contributed by atoms with van der Waals surface area (Å²) in [5.74, 6) is 0.100. The molecule has 0 heterocycles. The molecule has 1 atom stereocenters. The Labute approximate surface area is 91.5 Å². The van der Waals surface area contributed by atoms with Gasteiger partial charge in [-0.2, -0.15) is 0 Å². The number of carbonyl (C=O) groups excluding carboxylic acids is 1. The monoisotopic (exact) mass is 214 g/mol. The first kappa shape index (κ1) is 12.5. The van der Waals surface area contributed by atoms with Crippen molar-refractivity contribution in [1.82, 2.24) is 5.32 Å². The van der Waals surface area contributed by atoms with E-state index < -0.39 is 0 Å². The van der Waals surface area contributed by atoms with Crippen LogP contribution in [-0.2, 0) is 9.53 Å². The fourth-order valence-corrected chi connectivity index (χ4v) is 1.84. The summed E-state index contributed by atoms with van der Waals surface area (Å²) in [5, 5.41) is 2.96. The minimum Gasteiger partial charge on any atom is -0.380 e. The van der Waals surface area contributed by atoms with Gasteiger partial charge in [0.1, 0.15) is 0 Å². The highest BCUT2D eigenvalue weighted by atomic mass is 16.5. The maximum absolute atomic E-state index is 11.9. The fourth-order valence-electron chi connectivity index (χ4n) is 1.84. The van der Waals surface area contributed by atoms with Crippen LogP contribution in [0.25, 0.3) is 0 Å². The van der Waals surface area contributed by atoms with E-state index in [0.29, 0.717) is 19.8 Å². The van der Waals surface area contributed by atoms with Crippen LogP contribution in [0.15, 0.2) is 0 Å². The van der Waals surface area contributed by atoms with Crippen molar-refractivity contribution >= 4 is 5.91 Å². The predicted octanol–water partition coefficient (Wildman–Crippen LogP) is 0.657. The van der Waals surface area contributed by atoms with E-state index in [1.165, 1.54) is 0 Å². The molecule has 88 valence electrons. The van der Waals surface area contributed by atoms with Crippen molar-refractivity contribution in [2.75, 3.05) is 19.8 Å². The summed E-state index contributed by atoms with van der Waals surface area (Å²) in [5.41, 5.74) is 5.38. The van der Waals surface area contributed by atoms with Gasteiger partial charge in [-0.3, -0.25) is 4.79 Å². The fraction of sp³-hybridized carbons (Fsp3) is 0.909. The second-order valence-electron chi connectivity index (χ2n) is 4.37. The van der Waals surface area contributed by atoms with E-state index in [1.807, 2.05) is 13.8 Å². The second kappa shape index (κ2) is 5.47. The summed E-state index contributed by atoms with van der Waals surface area (Å²) in [4.78, 5) is 11.9. The highest BCUT2D eigenvalue weighted by molar-refractivity contribution is 5.84. The standard InChI is InChI=1S/C11H22N2O2/c1-3-15-7-9(2)13-10(14)11(8-12)5-4-6-11/h9H,3-8,12H2,1-2H3,(H,13,14). The third-order valence-electron chi connectivity index (χ3n) is 3.13. The molecular weight excluding hydrogens is 192 g/mol. The number of ether oxygens (including phenoxy) is 1. The molecule has 1 aliphatic rings. The van der Waals surface area contributed by atoms with E-state index in [-0.39, 0.29) is 17.4 Å². The molecule has 1 saturated carbocycles. The average molecular weight is 214 g/mol. The Morgan fingerprint density at radius 1 is 1.60 bits per heavy atom. The molecule has 15 heavy (non-hydrogen) atoms. The van der Waals surface area contributed by atoms with Gasteiger partial charge in [0.05, 0.1) is 12.0 Å². The van der Waals surface area contributed by atoms with Crippen LogP contribution in [0.2, 0.25) is 0 Å². The van der Waals surface area contributed by atoms with Crippen LogP contribution in [0.1, 0.15) is 33.1 Å². The van der Waals surface area contributed by atoms with Crippen molar-refractivity contribution in [1.29, 1.82) is 0 Å². The summed E-state index contributed by atoms with van der Waals surface area (Å²) in [6.07, 6.45) is 2.97. The molecule has 3 N–H and O–H groups in total. The predicted molar refractivity (Wildman–Crippen MR) is 59.4 cm³/mol. The quantitative estimate of drug-likeness (QED) is 0.682. The third-order valence-corrected chi connectivity index (χ3v) is 3.13. The zero-order valence-corrected chi connectivity index (χ0v) is 9.71. The topological polar surface area (TPSA) is 64.3 Å². The smallest absolute Gasteiger partial charge is 0.227 e. The summed E-state index contributed by atoms with van der Waals surface area (Å²) in [7, 11) is 0. The summed E-state index contributed by atoms with van der Waals surface area (Å²) in [6, 6.07) is 0.0708. The highest BCUT2D eigenvalue weighted by Crippen LogP contribution is 2.40. The maximum atomic E-state index is 11.9. The molecule has 0 spiro atoms. The number of nitrogens with two attached hydrogens (primary N) is 1. The molecule has 0 aromatic rings. The van der Waals surface area contributed by atoms with E-state index in [0.717, 1.165) is 19.3 Å². The lowest BCUT2D eigenvalue weighted by atomic mass is 9.68. The highest BCUT2D eigenvalue weighted by Gasteiger charge is 2.42. The number of carbonyl (C=O) groups is 1. The number of nitrogens with one attached hydrogen (secondary N) is 1. The third kappa shape index (κ3) is 2.92. The SMILES string of the molecule is CCOCC(C)NC(=O)C1(CN)CCC1. The summed E-state index contributed by atoms with van der Waals surface area (Å²) >= 11 is 0. The van der Waals surface area contributed by atoms with Gasteiger partial charge >= 0.3 is 0 Å². The van der Waals surface area contributed by atoms with E-state index in [4.69, 9.17) is 10.5 Å². The largest absolute Gasteiger partial charge is 0.380 e. The molecular formula is C11H22N2O2. The zero-order chi connectivity index (χ0) is 11.3. The molecule has 0 radical (unpaired) electrons. The lowest BCUT2D eigenvalue weighted by Crippen LogP contribution is -2.53. The van der Waals surface area contributed by atoms with Crippen molar-refractivity contribution in [2.45, 2.75) is 39.2 Å². The number of hydrogen-bond donors (Lipinski definition) is 2. The van der Waals surface area contributed by atoms with E-state index in [9.17, 15) is 4.79 Å². The van der Waals surface area contributed by atoms with E-state index in [2.05, 4.69) is 5.32 Å². The zero-order valence-electron chi connectivity index (χ0n) is 9.71. The van der Waals surface area contributed by atoms with Crippen LogP contribution in [-0.4, -0.2) is 31.7 Å². The van der Waals surface area contributed by atoms with Gasteiger partial charge in [0.15, 0.2) is 0 Å². The van der Waals surface area contributed by atoms with Crippen LogP contribution in [0.4, 0.5) is 0 Å². The molecule has 4 heteroatoms. The van der Waals surface area contributed by atoms with Crippen LogP contribution in [0.5, 0.6) is 0 Å². The van der Waals surface area contributed by atoms with Crippen molar-refractivity contribution in [3.05, 3.63) is 0 Å². The molecule has 0 saturated heterocycles. The molecule has 1 fully saturated rings. The van der Waals surface area contributed by atoms with Crippen molar-refractivity contribution in [3.8, 4) is 0 Å². The number of hydrogen-bond acceptors (Lipinski definition) is 3. The molecule has 1 amide bonds. The van der Waals surface area contributed by atoms with E-state index >= 15 is 0 Å². The van der Waals surface area contributed by atoms with Crippen LogP contribution < -0.4 is 11.1 Å². The van der Waals surface area contributed by atoms with Crippen molar-refractivity contribution in [2.24, 2.45) is 11.1 Å². The Morgan fingerprint density at radius 3 is 2.67 bits per heavy atom. The lowest BCUT2D eigenvalue weighted by molar-refractivity contribution is -0.136. The van der Waals surface area contributed by atoms with Crippen LogP contribution >= 0.6 is 0 Å². The molecule has 0 bridgehead atoms. The lowest BCUT2D eigenvalue weighted by Gasteiger charge is -2.39. The van der Waals surface area contributed by atoms with Gasteiger partial charge in [-0.1, -0.05) is 6.42 Å². The number of amides is 1. The average Bonchev–Trinajstić information content (AvgIpc) is 2.13. The molecule has 1 unspecified atom stereocenters. The molecule has 1 rings (SSSR count). The second-order valence-corrected chi connectivity index (χ2v) is 4.37. The normalized spacial score (nSPS) is 20.5. The Hall–Kier alpha value is -0.610. The Morgan fingerprint density at radius 2 is 2.27 bits per heavy atom. The summed E-state index contributed by atoms with van der Waals surface area (Å²) in [6.45, 7) is 5.61. The molecule has 1 aliphatic carbocycles. The van der Waals surface area contributed by atoms with Gasteiger partial charge in [0.25, 0.3) is 0 Å². The van der Waals surface area contributed by atoms with Gasteiger partial charge < -0.3 is 15.8 Å². The first-order valence-electron chi connectivity index (χ1n) is 5.73. The molecule has 0 aliphatic heterocycles. The molecule has 4 nitrogen and oxygen atoms in total. The van der Waals surface area contributed by atoms with Crippen LogP contribution in [0.3, 0.4) is 0 Å². The first-order valence-corrected chi connectivity index (χ1v) is 5.73. The molecule has 0 aromatic heterocycles. The first-order chi connectivity index (χ1) is 7.14. The Kier molecular flexibility index (Phi) is 4.54. The Bertz CT molecular complexity index is 209. The van der Waals surface area contributed by atoms with Gasteiger partial charge in [0, 0.05) is 19.2 Å². The molecule has 0 aromatic carbocycles. The minimum atomic E-state index is -0.277. The summed E-state index contributed by atoms with van der Waals surface area (Å²) < 4.78 is 5.25.